The highest BCUT2D eigenvalue weighted by Crippen LogP contribution is 2.49. The van der Waals surface area contributed by atoms with Gasteiger partial charge in [-0.25, -0.2) is 0 Å². The van der Waals surface area contributed by atoms with E-state index in [0.29, 0.717) is 0 Å². The molecule has 0 spiro atoms. The molecule has 0 heterocycles. The number of phenolic OH excluding ortho intramolecular Hbond substituents is 4. The third kappa shape index (κ3) is 2.15. The van der Waals surface area contributed by atoms with Crippen molar-refractivity contribution in [2.75, 3.05) is 0 Å². The number of hydrogen-bond donors (Lipinski definition) is 5. The van der Waals surface area contributed by atoms with E-state index in [-0.39, 0.29) is 32.9 Å². The van der Waals surface area contributed by atoms with Crippen molar-refractivity contribution in [2.24, 2.45) is 0 Å². The van der Waals surface area contributed by atoms with Crippen LogP contribution in [0.5, 0.6) is 23.0 Å². The molecule has 0 radical (unpaired) electrons. The number of Topliss-reactive ketones (excluding diaryl/α,β-unsaturated/α-hetero) is 2. The summed E-state index contributed by atoms with van der Waals surface area (Å²) in [5, 5.41) is 64.1. The van der Waals surface area contributed by atoms with Crippen LogP contribution in [0.15, 0.2) is 29.8 Å². The molecule has 0 bridgehead atoms. The van der Waals surface area contributed by atoms with Crippen molar-refractivity contribution in [3.8, 4) is 23.0 Å². The standard InChI is InChI=1S/C20H14O8/c1-6(21)12-17(25)15-10(16(24)20(12)28)4-8-2-7-3-9(22)5-11(23)13(7)18(26)14(8)19(15)27/h2-5,16,22-27H,1H3/p-1/t16-/m0/s1. The van der Waals surface area contributed by atoms with Gasteiger partial charge < -0.3 is 30.6 Å². The Kier molecular flexibility index (Phi) is 3.53. The van der Waals surface area contributed by atoms with Crippen molar-refractivity contribution in [3.05, 3.63) is 41.0 Å². The Bertz CT molecular complexity index is 1270. The number of aromatic hydroxyl groups is 4. The van der Waals surface area contributed by atoms with Crippen LogP contribution in [0.3, 0.4) is 0 Å². The van der Waals surface area contributed by atoms with Crippen LogP contribution in [0.2, 0.25) is 0 Å². The lowest BCUT2D eigenvalue weighted by molar-refractivity contribution is -0.245. The first kappa shape index (κ1) is 17.6. The van der Waals surface area contributed by atoms with Gasteiger partial charge in [-0.2, -0.15) is 0 Å². The average molecular weight is 381 g/mol. The molecule has 142 valence electrons. The van der Waals surface area contributed by atoms with Crippen molar-refractivity contribution in [3.63, 3.8) is 0 Å². The molecule has 0 saturated heterocycles. The summed E-state index contributed by atoms with van der Waals surface area (Å²) in [5.74, 6) is -4.98. The summed E-state index contributed by atoms with van der Waals surface area (Å²) >= 11 is 0. The molecule has 1 atom stereocenters. The fraction of sp³-hybridized carbons (Fsp3) is 0.100. The maximum Gasteiger partial charge on any atom is 0.198 e. The van der Waals surface area contributed by atoms with Gasteiger partial charge in [0.05, 0.1) is 16.3 Å². The van der Waals surface area contributed by atoms with Gasteiger partial charge in [0.2, 0.25) is 0 Å². The molecule has 1 aliphatic carbocycles. The van der Waals surface area contributed by atoms with Crippen LogP contribution >= 0.6 is 0 Å². The number of carbonyl (C=O) groups excluding carboxylic acids is 2. The third-order valence-corrected chi connectivity index (χ3v) is 4.87. The minimum absolute atomic E-state index is 0.0730. The number of benzene rings is 3. The number of hydrogen-bond acceptors (Lipinski definition) is 8. The Morgan fingerprint density at radius 2 is 1.61 bits per heavy atom. The van der Waals surface area contributed by atoms with Crippen molar-refractivity contribution >= 4 is 38.9 Å². The summed E-state index contributed by atoms with van der Waals surface area (Å²) in [6, 6.07) is 4.90. The molecule has 0 saturated carbocycles. The topological polar surface area (TPSA) is 158 Å². The third-order valence-electron chi connectivity index (χ3n) is 4.87. The number of ketones is 2. The van der Waals surface area contributed by atoms with E-state index in [1.54, 1.807) is 0 Å². The summed E-state index contributed by atoms with van der Waals surface area (Å²) < 4.78 is 0. The SMILES string of the molecule is CC(=O)C1=C([O-])c2c(cc3cc4cc(O)cc(O)c4c(O)c3c2O)[C@H](O)C1=O. The van der Waals surface area contributed by atoms with Gasteiger partial charge in [-0.05, 0) is 41.5 Å². The van der Waals surface area contributed by atoms with Crippen LogP contribution in [0.25, 0.3) is 27.3 Å². The Morgan fingerprint density at radius 3 is 2.25 bits per heavy atom. The Labute approximate surface area is 156 Å². The minimum atomic E-state index is -1.84. The highest BCUT2D eigenvalue weighted by molar-refractivity contribution is 6.27. The smallest absolute Gasteiger partial charge is 0.198 e. The van der Waals surface area contributed by atoms with E-state index in [4.69, 9.17) is 0 Å². The molecule has 0 fully saturated rings. The number of carbonyl (C=O) groups is 2. The van der Waals surface area contributed by atoms with E-state index in [0.717, 1.165) is 13.0 Å². The lowest BCUT2D eigenvalue weighted by Gasteiger charge is -2.30. The zero-order chi connectivity index (χ0) is 20.5. The summed E-state index contributed by atoms with van der Waals surface area (Å²) in [4.78, 5) is 23.9. The van der Waals surface area contributed by atoms with Crippen LogP contribution < -0.4 is 5.11 Å². The fourth-order valence-electron chi connectivity index (χ4n) is 3.67. The normalized spacial score (nSPS) is 16.6. The largest absolute Gasteiger partial charge is 0.871 e. The number of phenols is 4. The molecule has 0 aliphatic heterocycles. The number of aliphatic hydroxyl groups is 1. The molecule has 4 rings (SSSR count). The van der Waals surface area contributed by atoms with E-state index in [1.807, 2.05) is 0 Å². The van der Waals surface area contributed by atoms with Gasteiger partial charge >= 0.3 is 0 Å². The predicted molar refractivity (Wildman–Crippen MR) is 95.7 cm³/mol. The van der Waals surface area contributed by atoms with E-state index < -0.39 is 51.8 Å². The van der Waals surface area contributed by atoms with Gasteiger partial charge in [-0.15, -0.1) is 0 Å². The molecule has 0 amide bonds. The Morgan fingerprint density at radius 1 is 0.964 bits per heavy atom. The number of fused-ring (bicyclic) bond motifs is 3. The van der Waals surface area contributed by atoms with Gasteiger partial charge in [-0.1, -0.05) is 5.76 Å². The molecule has 3 aromatic rings. The fourth-order valence-corrected chi connectivity index (χ4v) is 3.67. The highest BCUT2D eigenvalue weighted by Gasteiger charge is 2.34. The minimum Gasteiger partial charge on any atom is -0.871 e. The molecule has 0 unspecified atom stereocenters. The first-order valence-corrected chi connectivity index (χ1v) is 8.15. The Hall–Kier alpha value is -3.78. The average Bonchev–Trinajstić information content (AvgIpc) is 2.58. The predicted octanol–water partition coefficient (Wildman–Crippen LogP) is 1.09. The summed E-state index contributed by atoms with van der Waals surface area (Å²) in [7, 11) is 0. The summed E-state index contributed by atoms with van der Waals surface area (Å²) in [6.07, 6.45) is -1.84. The Balaban J connectivity index is 2.21. The zero-order valence-corrected chi connectivity index (χ0v) is 14.3. The van der Waals surface area contributed by atoms with E-state index >= 15 is 0 Å². The van der Waals surface area contributed by atoms with Gasteiger partial charge in [0.1, 0.15) is 29.1 Å². The first-order valence-electron chi connectivity index (χ1n) is 8.15. The van der Waals surface area contributed by atoms with Crippen LogP contribution in [-0.4, -0.2) is 37.1 Å². The van der Waals surface area contributed by atoms with Crippen molar-refractivity contribution in [1.29, 1.82) is 0 Å². The van der Waals surface area contributed by atoms with Crippen LogP contribution in [-0.2, 0) is 9.59 Å². The molecule has 8 heteroatoms. The van der Waals surface area contributed by atoms with Crippen molar-refractivity contribution < 1.29 is 40.2 Å². The van der Waals surface area contributed by atoms with E-state index in [9.17, 15) is 40.2 Å². The summed E-state index contributed by atoms with van der Waals surface area (Å²) in [6.45, 7) is 0.996. The van der Waals surface area contributed by atoms with Crippen LogP contribution in [0, 0.1) is 0 Å². The second-order valence-corrected chi connectivity index (χ2v) is 6.60. The maximum absolute atomic E-state index is 12.7. The van der Waals surface area contributed by atoms with Gasteiger partial charge in [0.15, 0.2) is 11.6 Å². The molecule has 5 N–H and O–H groups in total. The lowest BCUT2D eigenvalue weighted by Crippen LogP contribution is -2.29. The number of aliphatic hydroxyl groups excluding tert-OH is 1. The highest BCUT2D eigenvalue weighted by atomic mass is 16.3. The molecule has 28 heavy (non-hydrogen) atoms. The first-order chi connectivity index (χ1) is 13.1. The number of rotatable bonds is 1. The van der Waals surface area contributed by atoms with Gasteiger partial charge in [0, 0.05) is 11.6 Å². The van der Waals surface area contributed by atoms with Gasteiger partial charge in [0.25, 0.3) is 0 Å². The molecule has 3 aromatic carbocycles. The van der Waals surface area contributed by atoms with Crippen molar-refractivity contribution in [1.82, 2.24) is 0 Å². The molecule has 8 nitrogen and oxygen atoms in total. The second kappa shape index (κ2) is 5.61. The second-order valence-electron chi connectivity index (χ2n) is 6.60. The van der Waals surface area contributed by atoms with Crippen LogP contribution in [0.4, 0.5) is 0 Å². The summed E-state index contributed by atoms with van der Waals surface area (Å²) in [5.41, 5.74) is -1.42. The molecule has 0 aromatic heterocycles. The van der Waals surface area contributed by atoms with Crippen LogP contribution in [0.1, 0.15) is 24.2 Å². The van der Waals surface area contributed by atoms with E-state index in [2.05, 4.69) is 0 Å². The van der Waals surface area contributed by atoms with Crippen molar-refractivity contribution in [2.45, 2.75) is 13.0 Å². The monoisotopic (exact) mass is 381 g/mol. The lowest BCUT2D eigenvalue weighted by atomic mass is 9.83. The zero-order valence-electron chi connectivity index (χ0n) is 14.3. The molecule has 1 aliphatic rings. The van der Waals surface area contributed by atoms with Gasteiger partial charge in [-0.3, -0.25) is 9.59 Å². The molecular weight excluding hydrogens is 368 g/mol. The molecular formula is C20H13O8-. The van der Waals surface area contributed by atoms with E-state index in [1.165, 1.54) is 18.2 Å². The maximum atomic E-state index is 12.7. The quantitative estimate of drug-likeness (QED) is 0.309.